The molecule has 0 bridgehead atoms. The van der Waals surface area contributed by atoms with Crippen LogP contribution in [0.2, 0.25) is 0 Å². The molecule has 1 aliphatic carbocycles. The number of thiophene rings is 1. The highest BCUT2D eigenvalue weighted by Crippen LogP contribution is 2.42. The molecule has 1 saturated carbocycles. The molecule has 3 aromatic rings. The van der Waals surface area contributed by atoms with E-state index in [1.807, 2.05) is 44.2 Å². The van der Waals surface area contributed by atoms with E-state index in [9.17, 15) is 4.79 Å². The quantitative estimate of drug-likeness (QED) is 0.452. The first kappa shape index (κ1) is 16.5. The van der Waals surface area contributed by atoms with Gasteiger partial charge in [-0.15, -0.1) is 21.5 Å². The molecule has 0 spiro atoms. The molecule has 1 fully saturated rings. The largest absolute Gasteiger partial charge is 0.298 e. The Morgan fingerprint density at radius 2 is 2.00 bits per heavy atom. The maximum Gasteiger partial charge on any atom is 0.192 e. The van der Waals surface area contributed by atoms with Gasteiger partial charge in [0.2, 0.25) is 0 Å². The summed E-state index contributed by atoms with van der Waals surface area (Å²) in [5.74, 6) is 1.06. The lowest BCUT2D eigenvalue weighted by atomic mass is 10.1. The van der Waals surface area contributed by atoms with Crippen LogP contribution in [-0.2, 0) is 0 Å². The van der Waals surface area contributed by atoms with Gasteiger partial charge in [0, 0.05) is 11.6 Å². The molecule has 0 aliphatic heterocycles. The van der Waals surface area contributed by atoms with Crippen molar-refractivity contribution in [2.45, 2.75) is 43.1 Å². The van der Waals surface area contributed by atoms with E-state index in [2.05, 4.69) is 26.2 Å². The number of carbonyl (C=O) groups excluding carboxylic acids is 1. The van der Waals surface area contributed by atoms with E-state index in [4.69, 9.17) is 0 Å². The number of hydrogen-bond acceptors (Lipinski definition) is 5. The number of rotatable bonds is 6. The van der Waals surface area contributed by atoms with Gasteiger partial charge in [-0.25, -0.2) is 0 Å². The average Bonchev–Trinajstić information content (AvgIpc) is 3.14. The molecule has 2 heterocycles. The Hall–Kier alpha value is -1.92. The highest BCUT2D eigenvalue weighted by atomic mass is 32.2. The lowest BCUT2D eigenvalue weighted by molar-refractivity contribution is 0.0994. The molecule has 4 nitrogen and oxygen atoms in total. The molecule has 0 amide bonds. The third-order valence-electron chi connectivity index (χ3n) is 4.31. The number of thioether (sulfide) groups is 1. The normalized spacial score (nSPS) is 15.3. The summed E-state index contributed by atoms with van der Waals surface area (Å²) in [5.41, 5.74) is 1.91. The first-order valence-electron chi connectivity index (χ1n) is 8.40. The predicted octanol–water partition coefficient (Wildman–Crippen LogP) is 5.01. The van der Waals surface area contributed by atoms with Gasteiger partial charge in [-0.2, -0.15) is 0 Å². The monoisotopic (exact) mass is 369 g/mol. The summed E-state index contributed by atoms with van der Waals surface area (Å²) in [4.78, 5) is 13.8. The van der Waals surface area contributed by atoms with E-state index in [1.165, 1.54) is 11.8 Å². The minimum Gasteiger partial charge on any atom is -0.298 e. The fourth-order valence-corrected chi connectivity index (χ4v) is 4.46. The van der Waals surface area contributed by atoms with Crippen LogP contribution in [0.15, 0.2) is 46.9 Å². The molecule has 4 rings (SSSR count). The summed E-state index contributed by atoms with van der Waals surface area (Å²) in [6, 6.07) is 12.3. The Labute approximate surface area is 155 Å². The van der Waals surface area contributed by atoms with Crippen molar-refractivity contribution in [1.29, 1.82) is 0 Å². The molecule has 6 heteroatoms. The van der Waals surface area contributed by atoms with Crippen LogP contribution in [0.1, 0.15) is 41.7 Å². The predicted molar refractivity (Wildman–Crippen MR) is 102 cm³/mol. The Bertz CT molecular complexity index is 880. The molecule has 1 aromatic carbocycles. The summed E-state index contributed by atoms with van der Waals surface area (Å²) in [6.07, 6.45) is 2.31. The van der Waals surface area contributed by atoms with Crippen LogP contribution in [-0.4, -0.2) is 25.8 Å². The summed E-state index contributed by atoms with van der Waals surface area (Å²) < 4.78 is 2.22. The Morgan fingerprint density at radius 1 is 1.24 bits per heavy atom. The van der Waals surface area contributed by atoms with Crippen LogP contribution in [0, 0.1) is 6.92 Å². The number of benzene rings is 1. The van der Waals surface area contributed by atoms with Crippen molar-refractivity contribution in [3.8, 4) is 10.7 Å². The molecular weight excluding hydrogens is 350 g/mol. The summed E-state index contributed by atoms with van der Waals surface area (Å²) in [5, 5.41) is 11.5. The average molecular weight is 370 g/mol. The van der Waals surface area contributed by atoms with E-state index in [0.717, 1.165) is 39.8 Å². The topological polar surface area (TPSA) is 47.8 Å². The van der Waals surface area contributed by atoms with Crippen molar-refractivity contribution in [3.63, 3.8) is 0 Å². The van der Waals surface area contributed by atoms with Gasteiger partial charge in [0.25, 0.3) is 0 Å². The van der Waals surface area contributed by atoms with Crippen LogP contribution in [0.3, 0.4) is 0 Å². The van der Waals surface area contributed by atoms with Crippen molar-refractivity contribution in [2.75, 3.05) is 0 Å². The zero-order valence-corrected chi connectivity index (χ0v) is 15.8. The Balaban J connectivity index is 1.58. The molecule has 0 radical (unpaired) electrons. The minimum absolute atomic E-state index is 0.132. The second kappa shape index (κ2) is 6.77. The zero-order valence-electron chi connectivity index (χ0n) is 14.2. The second-order valence-electron chi connectivity index (χ2n) is 6.38. The number of aryl methyl sites for hydroxylation is 1. The Kier molecular flexibility index (Phi) is 4.48. The summed E-state index contributed by atoms with van der Waals surface area (Å²) in [7, 11) is 0. The molecule has 0 saturated heterocycles. The molecule has 128 valence electrons. The van der Waals surface area contributed by atoms with Gasteiger partial charge < -0.3 is 0 Å². The third-order valence-corrected chi connectivity index (χ3v) is 6.23. The number of carbonyl (C=O) groups is 1. The fourth-order valence-electron chi connectivity index (χ4n) is 2.76. The maximum atomic E-state index is 12.7. The van der Waals surface area contributed by atoms with Gasteiger partial charge in [-0.3, -0.25) is 9.36 Å². The van der Waals surface area contributed by atoms with Crippen LogP contribution >= 0.6 is 23.1 Å². The van der Waals surface area contributed by atoms with E-state index >= 15 is 0 Å². The third kappa shape index (κ3) is 3.41. The highest BCUT2D eigenvalue weighted by molar-refractivity contribution is 8.00. The van der Waals surface area contributed by atoms with Gasteiger partial charge in [-0.05, 0) is 38.1 Å². The highest BCUT2D eigenvalue weighted by Gasteiger charge is 2.31. The molecule has 1 atom stereocenters. The lowest BCUT2D eigenvalue weighted by Gasteiger charge is -2.12. The second-order valence-corrected chi connectivity index (χ2v) is 8.63. The van der Waals surface area contributed by atoms with E-state index in [1.54, 1.807) is 11.3 Å². The molecule has 2 aromatic heterocycles. The van der Waals surface area contributed by atoms with Gasteiger partial charge in [0.1, 0.15) is 0 Å². The number of aromatic nitrogens is 3. The number of ketones is 1. The van der Waals surface area contributed by atoms with Crippen molar-refractivity contribution in [3.05, 3.63) is 52.9 Å². The molecule has 1 unspecified atom stereocenters. The smallest absolute Gasteiger partial charge is 0.192 e. The molecule has 25 heavy (non-hydrogen) atoms. The van der Waals surface area contributed by atoms with Gasteiger partial charge >= 0.3 is 0 Å². The van der Waals surface area contributed by atoms with Crippen LogP contribution in [0.5, 0.6) is 0 Å². The number of nitrogens with zero attached hydrogens (tertiary/aromatic N) is 3. The number of hydrogen-bond donors (Lipinski definition) is 0. The van der Waals surface area contributed by atoms with E-state index in [-0.39, 0.29) is 11.0 Å². The van der Waals surface area contributed by atoms with Crippen molar-refractivity contribution in [2.24, 2.45) is 0 Å². The molecule has 1 aliphatic rings. The van der Waals surface area contributed by atoms with Gasteiger partial charge in [0.05, 0.1) is 10.1 Å². The first-order valence-corrected chi connectivity index (χ1v) is 10.2. The van der Waals surface area contributed by atoms with E-state index < -0.39 is 0 Å². The lowest BCUT2D eigenvalue weighted by Crippen LogP contribution is -2.14. The molecule has 0 N–H and O–H groups in total. The Morgan fingerprint density at radius 3 is 2.64 bits per heavy atom. The number of Topliss-reactive ketones (excluding diaryl/α,β-unsaturated/α-hetero) is 1. The maximum absolute atomic E-state index is 12.7. The summed E-state index contributed by atoms with van der Waals surface area (Å²) >= 11 is 3.18. The molecular formula is C19H19N3OS2. The van der Waals surface area contributed by atoms with Crippen LogP contribution in [0.25, 0.3) is 10.7 Å². The fraction of sp³-hybridized carbons (Fsp3) is 0.316. The van der Waals surface area contributed by atoms with Crippen LogP contribution < -0.4 is 0 Å². The van der Waals surface area contributed by atoms with Crippen LogP contribution in [0.4, 0.5) is 0 Å². The zero-order chi connectivity index (χ0) is 17.4. The SMILES string of the molecule is Cc1ccc(C(=O)C(C)Sc2nnc(-c3cccs3)n2C2CC2)cc1. The van der Waals surface area contributed by atoms with Crippen molar-refractivity contribution in [1.82, 2.24) is 14.8 Å². The minimum atomic E-state index is -0.194. The van der Waals surface area contributed by atoms with Gasteiger partial charge in [0.15, 0.2) is 16.8 Å². The standard InChI is InChI=1S/C19H19N3OS2/c1-12-5-7-14(8-6-12)17(23)13(2)25-19-21-20-18(16-4-3-11-24-16)22(19)15-9-10-15/h3-8,11,13,15H,9-10H2,1-2H3. The van der Waals surface area contributed by atoms with Crippen molar-refractivity contribution >= 4 is 28.9 Å². The van der Waals surface area contributed by atoms with Crippen molar-refractivity contribution < 1.29 is 4.79 Å². The first-order chi connectivity index (χ1) is 12.1. The van der Waals surface area contributed by atoms with Gasteiger partial charge in [-0.1, -0.05) is 47.7 Å². The van der Waals surface area contributed by atoms with E-state index in [0.29, 0.717) is 6.04 Å². The summed E-state index contributed by atoms with van der Waals surface area (Å²) in [6.45, 7) is 3.97.